The first-order valence-corrected chi connectivity index (χ1v) is 9.91. The highest BCUT2D eigenvalue weighted by Crippen LogP contribution is 2.31. The second-order valence-corrected chi connectivity index (χ2v) is 8.68. The zero-order chi connectivity index (χ0) is 19.2. The van der Waals surface area contributed by atoms with Gasteiger partial charge in [-0.25, -0.2) is 17.7 Å². The number of sulfonamides is 1. The van der Waals surface area contributed by atoms with E-state index in [0.29, 0.717) is 24.2 Å². The standard InChI is InChI=1S/C19H18N4O3S/c1-22(2)27(25,26)14-7-8-18-13(11-14)9-10-23(18)19(24)17-12-20-15-5-3-4-6-16(15)21-17/h3-8,11-12H,9-10H2,1-2H3. The molecule has 0 atom stereocenters. The Morgan fingerprint density at radius 2 is 1.85 bits per heavy atom. The van der Waals surface area contributed by atoms with Crippen LogP contribution in [0.1, 0.15) is 16.1 Å². The van der Waals surface area contributed by atoms with Gasteiger partial charge in [0.05, 0.1) is 22.1 Å². The number of carbonyl (C=O) groups excluding carboxylic acids is 1. The minimum absolute atomic E-state index is 0.228. The Kier molecular flexibility index (Phi) is 4.16. The summed E-state index contributed by atoms with van der Waals surface area (Å²) in [6, 6.07) is 12.2. The van der Waals surface area contributed by atoms with Crippen LogP contribution < -0.4 is 4.90 Å². The van der Waals surface area contributed by atoms with Crippen LogP contribution in [0, 0.1) is 0 Å². The third kappa shape index (κ3) is 2.96. The Morgan fingerprint density at radius 1 is 1.11 bits per heavy atom. The number of carbonyl (C=O) groups is 1. The number of amides is 1. The van der Waals surface area contributed by atoms with Gasteiger partial charge in [0.25, 0.3) is 5.91 Å². The molecule has 0 spiro atoms. The molecule has 4 rings (SSSR count). The molecule has 0 saturated heterocycles. The van der Waals surface area contributed by atoms with Crippen LogP contribution in [-0.4, -0.2) is 49.2 Å². The molecular formula is C19H18N4O3S. The van der Waals surface area contributed by atoms with Crippen molar-refractivity contribution in [1.29, 1.82) is 0 Å². The zero-order valence-electron chi connectivity index (χ0n) is 15.0. The summed E-state index contributed by atoms with van der Waals surface area (Å²) in [4.78, 5) is 23.5. The summed E-state index contributed by atoms with van der Waals surface area (Å²) in [6.45, 7) is 0.480. The summed E-state index contributed by atoms with van der Waals surface area (Å²) in [5, 5.41) is 0. The molecule has 27 heavy (non-hydrogen) atoms. The first-order valence-electron chi connectivity index (χ1n) is 8.47. The largest absolute Gasteiger partial charge is 0.306 e. The first kappa shape index (κ1) is 17.6. The maximum Gasteiger partial charge on any atom is 0.278 e. The fraction of sp³-hybridized carbons (Fsp3) is 0.211. The molecule has 2 heterocycles. The normalized spacial score (nSPS) is 14.0. The van der Waals surface area contributed by atoms with Crippen LogP contribution in [-0.2, 0) is 16.4 Å². The summed E-state index contributed by atoms with van der Waals surface area (Å²) in [6.07, 6.45) is 2.08. The lowest BCUT2D eigenvalue weighted by Crippen LogP contribution is -2.29. The average molecular weight is 382 g/mol. The van der Waals surface area contributed by atoms with Crippen LogP contribution in [0.3, 0.4) is 0 Å². The molecule has 1 aliphatic heterocycles. The van der Waals surface area contributed by atoms with Crippen molar-refractivity contribution in [3.63, 3.8) is 0 Å². The van der Waals surface area contributed by atoms with E-state index >= 15 is 0 Å². The number of hydrogen-bond donors (Lipinski definition) is 0. The molecule has 1 aromatic heterocycles. The van der Waals surface area contributed by atoms with Crippen LogP contribution in [0.2, 0.25) is 0 Å². The molecule has 138 valence electrons. The molecule has 7 nitrogen and oxygen atoms in total. The Balaban J connectivity index is 1.68. The Hall–Kier alpha value is -2.84. The summed E-state index contributed by atoms with van der Waals surface area (Å²) >= 11 is 0. The summed E-state index contributed by atoms with van der Waals surface area (Å²) in [7, 11) is -0.512. The number of hydrogen-bond acceptors (Lipinski definition) is 5. The van der Waals surface area contributed by atoms with Gasteiger partial charge in [0, 0.05) is 26.3 Å². The van der Waals surface area contributed by atoms with E-state index in [1.165, 1.54) is 30.7 Å². The van der Waals surface area contributed by atoms with Crippen molar-refractivity contribution in [2.24, 2.45) is 0 Å². The first-order chi connectivity index (χ1) is 12.9. The van der Waals surface area contributed by atoms with Crippen LogP contribution in [0.25, 0.3) is 11.0 Å². The van der Waals surface area contributed by atoms with Crippen LogP contribution in [0.15, 0.2) is 53.6 Å². The van der Waals surface area contributed by atoms with E-state index in [-0.39, 0.29) is 16.5 Å². The summed E-state index contributed by atoms with van der Waals surface area (Å²) in [5.74, 6) is -0.241. The van der Waals surface area contributed by atoms with Crippen LogP contribution in [0.5, 0.6) is 0 Å². The number of aromatic nitrogens is 2. The molecular weight excluding hydrogens is 364 g/mol. The van der Waals surface area contributed by atoms with Crippen molar-refractivity contribution in [3.05, 3.63) is 59.9 Å². The maximum absolute atomic E-state index is 12.9. The van der Waals surface area contributed by atoms with Gasteiger partial charge in [0.15, 0.2) is 0 Å². The highest BCUT2D eigenvalue weighted by atomic mass is 32.2. The molecule has 0 radical (unpaired) electrons. The number of benzene rings is 2. The maximum atomic E-state index is 12.9. The van der Waals surface area contributed by atoms with Crippen LogP contribution >= 0.6 is 0 Å². The predicted molar refractivity (Wildman–Crippen MR) is 102 cm³/mol. The topological polar surface area (TPSA) is 83.5 Å². The summed E-state index contributed by atoms with van der Waals surface area (Å²) < 4.78 is 25.8. The third-order valence-corrected chi connectivity index (χ3v) is 6.45. The smallest absolute Gasteiger partial charge is 0.278 e. The van der Waals surface area contributed by atoms with Gasteiger partial charge in [-0.2, -0.15) is 0 Å². The van der Waals surface area contributed by atoms with Crippen molar-refractivity contribution >= 4 is 32.7 Å². The van der Waals surface area contributed by atoms with Gasteiger partial charge in [0.2, 0.25) is 10.0 Å². The molecule has 1 aliphatic rings. The number of anilines is 1. The van der Waals surface area contributed by atoms with Gasteiger partial charge in [-0.3, -0.25) is 9.78 Å². The second-order valence-electron chi connectivity index (χ2n) is 6.53. The number of rotatable bonds is 3. The van der Waals surface area contributed by atoms with E-state index < -0.39 is 10.0 Å². The molecule has 0 aliphatic carbocycles. The molecule has 0 saturated carbocycles. The van der Waals surface area contributed by atoms with Crippen molar-refractivity contribution in [1.82, 2.24) is 14.3 Å². The number of fused-ring (bicyclic) bond motifs is 2. The molecule has 0 unspecified atom stereocenters. The van der Waals surface area contributed by atoms with E-state index in [4.69, 9.17) is 0 Å². The van der Waals surface area contributed by atoms with E-state index in [2.05, 4.69) is 9.97 Å². The predicted octanol–water partition coefficient (Wildman–Crippen LogP) is 2.08. The highest BCUT2D eigenvalue weighted by Gasteiger charge is 2.28. The molecule has 0 bridgehead atoms. The molecule has 3 aromatic rings. The van der Waals surface area contributed by atoms with Crippen molar-refractivity contribution in [3.8, 4) is 0 Å². The van der Waals surface area contributed by atoms with Gasteiger partial charge in [-0.05, 0) is 42.3 Å². The minimum atomic E-state index is -3.51. The Morgan fingerprint density at radius 3 is 2.59 bits per heavy atom. The number of para-hydroxylation sites is 2. The van der Waals surface area contributed by atoms with Crippen molar-refractivity contribution in [2.45, 2.75) is 11.3 Å². The van der Waals surface area contributed by atoms with Crippen LogP contribution in [0.4, 0.5) is 5.69 Å². The fourth-order valence-corrected chi connectivity index (χ4v) is 4.11. The molecule has 8 heteroatoms. The van der Waals surface area contributed by atoms with Gasteiger partial charge in [-0.15, -0.1) is 0 Å². The van der Waals surface area contributed by atoms with Crippen molar-refractivity contribution in [2.75, 3.05) is 25.5 Å². The summed E-state index contributed by atoms with van der Waals surface area (Å²) in [5.41, 5.74) is 3.21. The van der Waals surface area contributed by atoms with E-state index in [1.54, 1.807) is 17.0 Å². The van der Waals surface area contributed by atoms with Crippen molar-refractivity contribution < 1.29 is 13.2 Å². The Bertz CT molecular complexity index is 1160. The monoisotopic (exact) mass is 382 g/mol. The third-order valence-electron chi connectivity index (χ3n) is 4.64. The Labute approximate surface area is 157 Å². The zero-order valence-corrected chi connectivity index (χ0v) is 15.8. The fourth-order valence-electron chi connectivity index (χ4n) is 3.16. The highest BCUT2D eigenvalue weighted by molar-refractivity contribution is 7.89. The van der Waals surface area contributed by atoms with E-state index in [1.807, 2.05) is 24.3 Å². The van der Waals surface area contributed by atoms with Gasteiger partial charge >= 0.3 is 0 Å². The lowest BCUT2D eigenvalue weighted by molar-refractivity contribution is 0.0984. The number of nitrogens with zero attached hydrogens (tertiary/aromatic N) is 4. The molecule has 2 aromatic carbocycles. The SMILES string of the molecule is CN(C)S(=O)(=O)c1ccc2c(c1)CCN2C(=O)c1cnc2ccccc2n1. The van der Waals surface area contributed by atoms with E-state index in [0.717, 1.165) is 11.1 Å². The molecule has 1 amide bonds. The quantitative estimate of drug-likeness (QED) is 0.693. The van der Waals surface area contributed by atoms with Gasteiger partial charge in [0.1, 0.15) is 5.69 Å². The molecule has 0 fully saturated rings. The lowest BCUT2D eigenvalue weighted by atomic mass is 10.2. The molecule has 0 N–H and O–H groups in total. The average Bonchev–Trinajstić information content (AvgIpc) is 3.10. The minimum Gasteiger partial charge on any atom is -0.306 e. The van der Waals surface area contributed by atoms with Gasteiger partial charge < -0.3 is 4.90 Å². The lowest BCUT2D eigenvalue weighted by Gasteiger charge is -2.18. The second kappa shape index (κ2) is 6.40. The van der Waals surface area contributed by atoms with E-state index in [9.17, 15) is 13.2 Å². The van der Waals surface area contributed by atoms with Gasteiger partial charge in [-0.1, -0.05) is 12.1 Å².